The predicted molar refractivity (Wildman–Crippen MR) is 67.1 cm³/mol. The lowest BCUT2D eigenvalue weighted by Gasteiger charge is -2.03. The number of hydrogen-bond donors (Lipinski definition) is 0. The van der Waals surface area contributed by atoms with E-state index in [2.05, 4.69) is 16.6 Å². The average molecular weight is 248 g/mol. The molecule has 4 heteroatoms. The smallest absolute Gasteiger partial charge is 0.384 e. The topological polar surface area (TPSA) is 44.8 Å². The van der Waals surface area contributed by atoms with Crippen LogP contribution in [0, 0.1) is 11.8 Å². The zero-order valence-electron chi connectivity index (χ0n) is 10.6. The highest BCUT2D eigenvalue weighted by Gasteiger charge is 1.94. The highest BCUT2D eigenvalue weighted by atomic mass is 16.5. The minimum absolute atomic E-state index is 0.482. The van der Waals surface area contributed by atoms with E-state index in [4.69, 9.17) is 9.47 Å². The van der Waals surface area contributed by atoms with Gasteiger partial charge in [0.05, 0.1) is 27.4 Å². The van der Waals surface area contributed by atoms with Gasteiger partial charge in [0, 0.05) is 12.3 Å². The Morgan fingerprint density at radius 2 is 1.94 bits per heavy atom. The second kappa shape index (κ2) is 8.15. The Morgan fingerprint density at radius 1 is 1.22 bits per heavy atom. The number of rotatable bonds is 5. The van der Waals surface area contributed by atoms with Crippen LogP contribution in [0.2, 0.25) is 0 Å². The lowest BCUT2D eigenvalue weighted by molar-refractivity contribution is -0.133. The normalized spacial score (nSPS) is 9.22. The van der Waals surface area contributed by atoms with Crippen LogP contribution in [0.4, 0.5) is 0 Å². The van der Waals surface area contributed by atoms with Crippen LogP contribution >= 0.6 is 0 Å². The fraction of sp³-hybridized carbons (Fsp3) is 0.357. The minimum Gasteiger partial charge on any atom is -0.497 e. The van der Waals surface area contributed by atoms with Crippen LogP contribution < -0.4 is 4.74 Å². The SMILES string of the molecule is COC(=O)C#CCCOCc1ccc(OC)cc1. The third-order valence-electron chi connectivity index (χ3n) is 2.18. The van der Waals surface area contributed by atoms with Crippen LogP contribution in [0.5, 0.6) is 5.75 Å². The molecule has 0 radical (unpaired) electrons. The summed E-state index contributed by atoms with van der Waals surface area (Å²) in [5.41, 5.74) is 1.07. The van der Waals surface area contributed by atoms with E-state index in [-0.39, 0.29) is 0 Å². The molecule has 0 aromatic heterocycles. The Hall–Kier alpha value is -1.99. The van der Waals surface area contributed by atoms with Gasteiger partial charge in [0.15, 0.2) is 0 Å². The molecule has 0 unspecified atom stereocenters. The molecule has 0 bridgehead atoms. The van der Waals surface area contributed by atoms with Gasteiger partial charge in [0.25, 0.3) is 0 Å². The van der Waals surface area contributed by atoms with E-state index in [0.717, 1.165) is 11.3 Å². The van der Waals surface area contributed by atoms with Gasteiger partial charge in [-0.1, -0.05) is 18.1 Å². The van der Waals surface area contributed by atoms with Crippen LogP contribution in [-0.4, -0.2) is 26.8 Å². The lowest BCUT2D eigenvalue weighted by atomic mass is 10.2. The van der Waals surface area contributed by atoms with Gasteiger partial charge in [0.2, 0.25) is 0 Å². The van der Waals surface area contributed by atoms with Crippen molar-refractivity contribution in [2.24, 2.45) is 0 Å². The van der Waals surface area contributed by atoms with Gasteiger partial charge >= 0.3 is 5.97 Å². The van der Waals surface area contributed by atoms with Crippen molar-refractivity contribution >= 4 is 5.97 Å². The average Bonchev–Trinajstić information content (AvgIpc) is 2.43. The summed E-state index contributed by atoms with van der Waals surface area (Å²) in [6.07, 6.45) is 0.505. The summed E-state index contributed by atoms with van der Waals surface area (Å²) < 4.78 is 14.9. The molecule has 96 valence electrons. The molecule has 0 saturated carbocycles. The first-order valence-corrected chi connectivity index (χ1v) is 5.53. The Bertz CT molecular complexity index is 425. The molecule has 1 rings (SSSR count). The maximum Gasteiger partial charge on any atom is 0.384 e. The van der Waals surface area contributed by atoms with Crippen LogP contribution in [0.3, 0.4) is 0 Å². The molecule has 18 heavy (non-hydrogen) atoms. The van der Waals surface area contributed by atoms with E-state index in [0.29, 0.717) is 19.6 Å². The number of esters is 1. The molecule has 1 aromatic carbocycles. The fourth-order valence-corrected chi connectivity index (χ4v) is 1.22. The maximum atomic E-state index is 10.7. The maximum absolute atomic E-state index is 10.7. The Morgan fingerprint density at radius 3 is 2.56 bits per heavy atom. The number of methoxy groups -OCH3 is 2. The minimum atomic E-state index is -0.523. The summed E-state index contributed by atoms with van der Waals surface area (Å²) in [4.78, 5) is 10.7. The van der Waals surface area contributed by atoms with E-state index < -0.39 is 5.97 Å². The lowest BCUT2D eigenvalue weighted by Crippen LogP contribution is -1.97. The molecule has 0 aliphatic heterocycles. The summed E-state index contributed by atoms with van der Waals surface area (Å²) in [5.74, 6) is 5.31. The molecule has 0 atom stereocenters. The third-order valence-corrected chi connectivity index (χ3v) is 2.18. The molecular formula is C14H16O4. The number of benzene rings is 1. The largest absolute Gasteiger partial charge is 0.497 e. The highest BCUT2D eigenvalue weighted by Crippen LogP contribution is 2.11. The molecule has 0 N–H and O–H groups in total. The first-order chi connectivity index (χ1) is 8.76. The van der Waals surface area contributed by atoms with Crippen molar-refractivity contribution < 1.29 is 19.0 Å². The van der Waals surface area contributed by atoms with Crippen molar-refractivity contribution in [3.8, 4) is 17.6 Å². The van der Waals surface area contributed by atoms with Gasteiger partial charge in [-0.25, -0.2) is 4.79 Å². The summed E-state index contributed by atoms with van der Waals surface area (Å²) >= 11 is 0. The van der Waals surface area contributed by atoms with Crippen molar-refractivity contribution in [3.05, 3.63) is 29.8 Å². The molecule has 0 aliphatic carbocycles. The summed E-state index contributed by atoms with van der Waals surface area (Å²) in [5, 5.41) is 0. The first kappa shape index (κ1) is 14.1. The second-order valence-electron chi connectivity index (χ2n) is 3.44. The number of carbonyl (C=O) groups is 1. The molecule has 0 fully saturated rings. The summed E-state index contributed by atoms with van der Waals surface area (Å²) in [6, 6.07) is 7.66. The standard InChI is InChI=1S/C14H16O4/c1-16-13-8-6-12(7-9-13)11-18-10-4-3-5-14(15)17-2/h6-9H,4,10-11H2,1-2H3. The monoisotopic (exact) mass is 248 g/mol. The van der Waals surface area contributed by atoms with Crippen LogP contribution in [0.1, 0.15) is 12.0 Å². The molecular weight excluding hydrogens is 232 g/mol. The van der Waals surface area contributed by atoms with Crippen LogP contribution in [-0.2, 0) is 20.9 Å². The zero-order valence-corrected chi connectivity index (χ0v) is 10.6. The van der Waals surface area contributed by atoms with E-state index in [1.165, 1.54) is 7.11 Å². The quantitative estimate of drug-likeness (QED) is 0.345. The zero-order chi connectivity index (χ0) is 13.2. The Balaban J connectivity index is 2.20. The van der Waals surface area contributed by atoms with E-state index in [1.807, 2.05) is 24.3 Å². The molecule has 0 heterocycles. The van der Waals surface area contributed by atoms with Gasteiger partial charge in [-0.3, -0.25) is 0 Å². The molecule has 1 aromatic rings. The van der Waals surface area contributed by atoms with E-state index in [9.17, 15) is 4.79 Å². The van der Waals surface area contributed by atoms with Gasteiger partial charge in [-0.15, -0.1) is 0 Å². The third kappa shape index (κ3) is 5.37. The molecule has 0 saturated heterocycles. The predicted octanol–water partition coefficient (Wildman–Crippen LogP) is 1.78. The molecule has 0 spiro atoms. The van der Waals surface area contributed by atoms with Gasteiger partial charge in [-0.2, -0.15) is 0 Å². The van der Waals surface area contributed by atoms with Crippen molar-refractivity contribution in [3.63, 3.8) is 0 Å². The fourth-order valence-electron chi connectivity index (χ4n) is 1.22. The van der Waals surface area contributed by atoms with Gasteiger partial charge < -0.3 is 14.2 Å². The van der Waals surface area contributed by atoms with Gasteiger partial charge in [0.1, 0.15) is 5.75 Å². The first-order valence-electron chi connectivity index (χ1n) is 5.53. The molecule has 0 amide bonds. The van der Waals surface area contributed by atoms with E-state index >= 15 is 0 Å². The second-order valence-corrected chi connectivity index (χ2v) is 3.44. The van der Waals surface area contributed by atoms with Gasteiger partial charge in [-0.05, 0) is 17.7 Å². The number of hydrogen-bond acceptors (Lipinski definition) is 4. The van der Waals surface area contributed by atoms with Crippen LogP contribution in [0.25, 0.3) is 0 Å². The summed E-state index contributed by atoms with van der Waals surface area (Å²) in [6.45, 7) is 1.000. The van der Waals surface area contributed by atoms with Crippen LogP contribution in [0.15, 0.2) is 24.3 Å². The van der Waals surface area contributed by atoms with E-state index in [1.54, 1.807) is 7.11 Å². The number of ether oxygens (including phenoxy) is 3. The summed E-state index contributed by atoms with van der Waals surface area (Å²) in [7, 11) is 2.93. The van der Waals surface area contributed by atoms with Crippen molar-refractivity contribution in [2.45, 2.75) is 13.0 Å². The molecule has 0 aliphatic rings. The highest BCUT2D eigenvalue weighted by molar-refractivity contribution is 5.88. The Labute approximate surface area is 107 Å². The van der Waals surface area contributed by atoms with Crippen molar-refractivity contribution in [2.75, 3.05) is 20.8 Å². The Kier molecular flexibility index (Phi) is 6.37. The van der Waals surface area contributed by atoms with Crippen molar-refractivity contribution in [1.29, 1.82) is 0 Å². The van der Waals surface area contributed by atoms with Crippen molar-refractivity contribution in [1.82, 2.24) is 0 Å². The number of carbonyl (C=O) groups excluding carboxylic acids is 1. The molecule has 4 nitrogen and oxygen atoms in total.